The van der Waals surface area contributed by atoms with E-state index in [0.717, 1.165) is 32.6 Å². The van der Waals surface area contributed by atoms with Gasteiger partial charge >= 0.3 is 13.1 Å². The number of carboxylic acids is 1. The molecule has 0 aromatic heterocycles. The number of hydrogen-bond acceptors (Lipinski definition) is 5. The summed E-state index contributed by atoms with van der Waals surface area (Å²) in [5, 5.41) is 30.5. The van der Waals surface area contributed by atoms with Gasteiger partial charge in [0.2, 0.25) is 0 Å². The summed E-state index contributed by atoms with van der Waals surface area (Å²) in [6.07, 6.45) is 4.12. The molecule has 2 saturated heterocycles. The maximum Gasteiger partial charge on any atom is 0.451 e. The number of likely N-dealkylation sites (tertiary alicyclic amines) is 1. The lowest BCUT2D eigenvalue weighted by Crippen LogP contribution is -2.35. The summed E-state index contributed by atoms with van der Waals surface area (Å²) in [5.74, 6) is -0.193. The van der Waals surface area contributed by atoms with E-state index in [-0.39, 0.29) is 11.8 Å². The molecule has 4 N–H and O–H groups in total. The Hall–Kier alpha value is -0.625. The molecule has 2 atom stereocenters. The first-order valence-electron chi connectivity index (χ1n) is 8.08. The molecule has 0 aromatic carbocycles. The van der Waals surface area contributed by atoms with Crippen LogP contribution in [0.25, 0.3) is 0 Å². The van der Waals surface area contributed by atoms with Crippen molar-refractivity contribution in [3.8, 4) is 0 Å². The number of carboxylic acid groups (broad SMARTS) is 1. The Kier molecular flexibility index (Phi) is 6.48. The van der Waals surface area contributed by atoms with Crippen LogP contribution in [0.4, 0.5) is 0 Å². The number of piperidine rings is 1. The van der Waals surface area contributed by atoms with E-state index >= 15 is 0 Å². The summed E-state index contributed by atoms with van der Waals surface area (Å²) in [4.78, 5) is 13.7. The van der Waals surface area contributed by atoms with Crippen molar-refractivity contribution in [3.05, 3.63) is 0 Å². The van der Waals surface area contributed by atoms with Crippen molar-refractivity contribution in [2.24, 2.45) is 17.8 Å². The standard InChI is InChI=1S/C14H27BN2O4/c18-14(19)13-10-17(8-11-3-6-16-7-4-11)9-12(13)2-1-5-15(20)21/h11-13,16,20-21H,1-10H2,(H,18,19)/t12-,13+/m0/s1. The number of nitrogens with zero attached hydrogens (tertiary/aromatic N) is 1. The lowest BCUT2D eigenvalue weighted by Gasteiger charge is -2.27. The summed E-state index contributed by atoms with van der Waals surface area (Å²) >= 11 is 0. The highest BCUT2D eigenvalue weighted by atomic mass is 16.4. The Morgan fingerprint density at radius 2 is 1.95 bits per heavy atom. The van der Waals surface area contributed by atoms with Crippen LogP contribution in [0.5, 0.6) is 0 Å². The smallest absolute Gasteiger partial charge is 0.451 e. The Balaban J connectivity index is 1.80. The van der Waals surface area contributed by atoms with Gasteiger partial charge in [-0.2, -0.15) is 0 Å². The van der Waals surface area contributed by atoms with E-state index in [4.69, 9.17) is 10.0 Å². The Labute approximate surface area is 126 Å². The quantitative estimate of drug-likeness (QED) is 0.489. The normalized spacial score (nSPS) is 27.9. The van der Waals surface area contributed by atoms with Crippen molar-refractivity contribution < 1.29 is 19.9 Å². The fourth-order valence-corrected chi connectivity index (χ4v) is 3.67. The second-order valence-electron chi connectivity index (χ2n) is 6.53. The molecule has 21 heavy (non-hydrogen) atoms. The van der Waals surface area contributed by atoms with Gasteiger partial charge in [0.25, 0.3) is 0 Å². The van der Waals surface area contributed by atoms with Crippen molar-refractivity contribution in [1.29, 1.82) is 0 Å². The van der Waals surface area contributed by atoms with Crippen molar-refractivity contribution in [3.63, 3.8) is 0 Å². The van der Waals surface area contributed by atoms with Crippen LogP contribution in [0.15, 0.2) is 0 Å². The van der Waals surface area contributed by atoms with Gasteiger partial charge < -0.3 is 25.4 Å². The minimum Gasteiger partial charge on any atom is -0.481 e. The van der Waals surface area contributed by atoms with Crippen LogP contribution in [0.3, 0.4) is 0 Å². The molecule has 2 heterocycles. The molecule has 0 bridgehead atoms. The molecular formula is C14H27BN2O4. The van der Waals surface area contributed by atoms with Crippen molar-refractivity contribution in [1.82, 2.24) is 10.2 Å². The lowest BCUT2D eigenvalue weighted by atomic mass is 9.80. The summed E-state index contributed by atoms with van der Waals surface area (Å²) in [6.45, 7) is 4.62. The first-order chi connectivity index (χ1) is 10.1. The number of carbonyl (C=O) groups is 1. The summed E-state index contributed by atoms with van der Waals surface area (Å²) in [7, 11) is -1.28. The Morgan fingerprint density at radius 1 is 1.24 bits per heavy atom. The SMILES string of the molecule is O=C(O)[C@@H]1CN(CC2CCNCC2)C[C@@H]1CCCB(O)O. The molecule has 120 valence electrons. The number of hydrogen-bond donors (Lipinski definition) is 4. The van der Waals surface area contributed by atoms with Gasteiger partial charge in [-0.05, 0) is 50.5 Å². The largest absolute Gasteiger partial charge is 0.481 e. The number of rotatable bonds is 7. The third-order valence-electron chi connectivity index (χ3n) is 4.85. The van der Waals surface area contributed by atoms with Crippen LogP contribution < -0.4 is 5.32 Å². The second-order valence-corrected chi connectivity index (χ2v) is 6.53. The molecule has 0 unspecified atom stereocenters. The van der Waals surface area contributed by atoms with Crippen LogP contribution >= 0.6 is 0 Å². The summed E-state index contributed by atoms with van der Waals surface area (Å²) in [6, 6.07) is 0. The molecule has 2 rings (SSSR count). The van der Waals surface area contributed by atoms with E-state index in [1.807, 2.05) is 0 Å². The van der Waals surface area contributed by atoms with Gasteiger partial charge in [-0.15, -0.1) is 0 Å². The van der Waals surface area contributed by atoms with Gasteiger partial charge in [0.05, 0.1) is 5.92 Å². The third kappa shape index (κ3) is 5.25. The molecular weight excluding hydrogens is 271 g/mol. The highest BCUT2D eigenvalue weighted by Gasteiger charge is 2.37. The van der Waals surface area contributed by atoms with Crippen LogP contribution in [-0.2, 0) is 4.79 Å². The predicted molar refractivity (Wildman–Crippen MR) is 80.9 cm³/mol. The first-order valence-corrected chi connectivity index (χ1v) is 8.08. The van der Waals surface area contributed by atoms with E-state index in [2.05, 4.69) is 10.2 Å². The van der Waals surface area contributed by atoms with E-state index in [1.54, 1.807) is 0 Å². The molecule has 0 aromatic rings. The van der Waals surface area contributed by atoms with Crippen molar-refractivity contribution in [2.45, 2.75) is 32.0 Å². The second kappa shape index (κ2) is 8.12. The van der Waals surface area contributed by atoms with Gasteiger partial charge in [0, 0.05) is 19.6 Å². The Morgan fingerprint density at radius 3 is 2.57 bits per heavy atom. The zero-order valence-electron chi connectivity index (χ0n) is 12.6. The average Bonchev–Trinajstić information content (AvgIpc) is 2.82. The fraction of sp³-hybridized carbons (Fsp3) is 0.929. The van der Waals surface area contributed by atoms with Crippen LogP contribution in [0.1, 0.15) is 25.7 Å². The van der Waals surface area contributed by atoms with Crippen LogP contribution in [-0.4, -0.2) is 65.9 Å². The third-order valence-corrected chi connectivity index (χ3v) is 4.85. The topological polar surface area (TPSA) is 93.0 Å². The highest BCUT2D eigenvalue weighted by molar-refractivity contribution is 6.40. The molecule has 7 heteroatoms. The monoisotopic (exact) mass is 298 g/mol. The molecule has 2 fully saturated rings. The van der Waals surface area contributed by atoms with Gasteiger partial charge in [0.15, 0.2) is 0 Å². The molecule has 6 nitrogen and oxygen atoms in total. The molecule has 0 saturated carbocycles. The molecule has 2 aliphatic rings. The average molecular weight is 298 g/mol. The fourth-order valence-electron chi connectivity index (χ4n) is 3.67. The molecule has 0 aliphatic carbocycles. The maximum atomic E-state index is 11.4. The summed E-state index contributed by atoms with van der Waals surface area (Å²) < 4.78 is 0. The number of aliphatic carboxylic acids is 1. The van der Waals surface area contributed by atoms with Crippen LogP contribution in [0, 0.1) is 17.8 Å². The van der Waals surface area contributed by atoms with E-state index in [0.29, 0.717) is 25.2 Å². The Bertz CT molecular complexity index is 337. The zero-order valence-corrected chi connectivity index (χ0v) is 12.6. The van der Waals surface area contributed by atoms with Gasteiger partial charge in [-0.25, -0.2) is 0 Å². The van der Waals surface area contributed by atoms with Crippen molar-refractivity contribution >= 4 is 13.1 Å². The van der Waals surface area contributed by atoms with Crippen LogP contribution in [0.2, 0.25) is 6.32 Å². The molecule has 0 spiro atoms. The van der Waals surface area contributed by atoms with Gasteiger partial charge in [0.1, 0.15) is 0 Å². The molecule has 0 amide bonds. The van der Waals surface area contributed by atoms with Crippen molar-refractivity contribution in [2.75, 3.05) is 32.7 Å². The summed E-state index contributed by atoms with van der Waals surface area (Å²) in [5.41, 5.74) is 0. The van der Waals surface area contributed by atoms with Gasteiger partial charge in [-0.3, -0.25) is 4.79 Å². The minimum atomic E-state index is -1.28. The minimum absolute atomic E-state index is 0.142. The first kappa shape index (κ1) is 16.7. The molecule has 2 aliphatic heterocycles. The lowest BCUT2D eigenvalue weighted by molar-refractivity contribution is -0.142. The maximum absolute atomic E-state index is 11.4. The predicted octanol–water partition coefficient (Wildman–Crippen LogP) is -0.128. The van der Waals surface area contributed by atoms with Gasteiger partial charge in [-0.1, -0.05) is 6.42 Å². The zero-order chi connectivity index (χ0) is 15.2. The number of nitrogens with one attached hydrogen (secondary N) is 1. The van der Waals surface area contributed by atoms with E-state index < -0.39 is 13.1 Å². The molecule has 0 radical (unpaired) electrons. The highest BCUT2D eigenvalue weighted by Crippen LogP contribution is 2.29. The van der Waals surface area contributed by atoms with E-state index in [1.165, 1.54) is 12.8 Å². The van der Waals surface area contributed by atoms with E-state index in [9.17, 15) is 9.90 Å².